The minimum absolute atomic E-state index is 0.250. The summed E-state index contributed by atoms with van der Waals surface area (Å²) in [6, 6.07) is 0. The van der Waals surface area contributed by atoms with Gasteiger partial charge >= 0.3 is 0 Å². The van der Waals surface area contributed by atoms with Gasteiger partial charge in [0.15, 0.2) is 0 Å². The Morgan fingerprint density at radius 3 is 1.60 bits per heavy atom. The fraction of sp³-hybridized carbons (Fsp3) is 0.875. The Kier molecular flexibility index (Phi) is 19.2. The molecule has 0 atom stereocenters. The van der Waals surface area contributed by atoms with Gasteiger partial charge in [0.2, 0.25) is 6.41 Å². The third-order valence-corrected chi connectivity index (χ3v) is 1.21. The third-order valence-electron chi connectivity index (χ3n) is 1.21. The Morgan fingerprint density at radius 2 is 1.40 bits per heavy atom. The van der Waals surface area contributed by atoms with Crippen molar-refractivity contribution in [1.29, 1.82) is 0 Å². The first-order chi connectivity index (χ1) is 4.83. The summed E-state index contributed by atoms with van der Waals surface area (Å²) in [6.07, 6.45) is 7.26. The highest BCUT2D eigenvalue weighted by molar-refractivity contribution is 5.42. The van der Waals surface area contributed by atoms with Crippen LogP contribution in [0.3, 0.4) is 0 Å². The Hall–Kier alpha value is -0.530. The van der Waals surface area contributed by atoms with E-state index in [0.29, 0.717) is 0 Å². The van der Waals surface area contributed by atoms with Crippen LogP contribution in [-0.2, 0) is 4.79 Å². The van der Waals surface area contributed by atoms with Crippen LogP contribution in [0.1, 0.15) is 46.0 Å². The Balaban J connectivity index is 0. The number of nitrogens with two attached hydrogens (primary N) is 1. The molecule has 0 aromatic carbocycles. The molecule has 0 heterocycles. The molecule has 2 N–H and O–H groups in total. The van der Waals surface area contributed by atoms with Gasteiger partial charge in [0.05, 0.1) is 0 Å². The largest absolute Gasteiger partial charge is 0.372 e. The molecule has 10 heavy (non-hydrogen) atoms. The SMILES string of the molecule is CCCCCCC.NC=O. The molecule has 0 saturated carbocycles. The van der Waals surface area contributed by atoms with Gasteiger partial charge in [-0.05, 0) is 0 Å². The molecule has 0 aliphatic carbocycles. The van der Waals surface area contributed by atoms with Crippen LogP contribution in [-0.4, -0.2) is 6.41 Å². The second-order valence-corrected chi connectivity index (χ2v) is 2.20. The molecule has 62 valence electrons. The predicted molar refractivity (Wildman–Crippen MR) is 44.7 cm³/mol. The van der Waals surface area contributed by atoms with E-state index in [-0.39, 0.29) is 6.41 Å². The summed E-state index contributed by atoms with van der Waals surface area (Å²) >= 11 is 0. The fourth-order valence-electron chi connectivity index (χ4n) is 0.677. The monoisotopic (exact) mass is 145 g/mol. The van der Waals surface area contributed by atoms with E-state index in [1.807, 2.05) is 0 Å². The summed E-state index contributed by atoms with van der Waals surface area (Å²) in [5.74, 6) is 0. The van der Waals surface area contributed by atoms with E-state index in [9.17, 15) is 0 Å². The van der Waals surface area contributed by atoms with Crippen LogP contribution in [0.4, 0.5) is 0 Å². The highest BCUT2D eigenvalue weighted by Gasteiger charge is 1.80. The third kappa shape index (κ3) is 26.0. The predicted octanol–water partition coefficient (Wildman–Crippen LogP) is 2.08. The summed E-state index contributed by atoms with van der Waals surface area (Å²) in [4.78, 5) is 8.58. The molecule has 0 aliphatic rings. The van der Waals surface area contributed by atoms with Gasteiger partial charge in [-0.3, -0.25) is 4.79 Å². The van der Waals surface area contributed by atoms with Crippen molar-refractivity contribution in [2.75, 3.05) is 0 Å². The lowest BCUT2D eigenvalue weighted by atomic mass is 10.2. The normalized spacial score (nSPS) is 7.80. The maximum Gasteiger partial charge on any atom is 0.204 e. The molecule has 0 bridgehead atoms. The Labute approximate surface area is 63.8 Å². The topological polar surface area (TPSA) is 43.1 Å². The zero-order chi connectivity index (χ0) is 8.24. The highest BCUT2D eigenvalue weighted by atomic mass is 16.1. The first-order valence-corrected chi connectivity index (χ1v) is 3.98. The van der Waals surface area contributed by atoms with Crippen LogP contribution in [0.15, 0.2) is 0 Å². The van der Waals surface area contributed by atoms with Crippen molar-refractivity contribution >= 4 is 6.41 Å². The molecule has 0 aromatic heterocycles. The van der Waals surface area contributed by atoms with Crippen LogP contribution in [0, 0.1) is 0 Å². The molecule has 0 aromatic rings. The van der Waals surface area contributed by atoms with Crippen molar-refractivity contribution in [3.63, 3.8) is 0 Å². The molecule has 2 nitrogen and oxygen atoms in total. The van der Waals surface area contributed by atoms with Crippen LogP contribution in [0.25, 0.3) is 0 Å². The summed E-state index contributed by atoms with van der Waals surface area (Å²) in [5, 5.41) is 0. The van der Waals surface area contributed by atoms with Crippen molar-refractivity contribution in [3.05, 3.63) is 0 Å². The maximum atomic E-state index is 8.58. The van der Waals surface area contributed by atoms with E-state index in [1.54, 1.807) is 0 Å². The van der Waals surface area contributed by atoms with Gasteiger partial charge in [-0.15, -0.1) is 0 Å². The zero-order valence-corrected chi connectivity index (χ0v) is 7.10. The van der Waals surface area contributed by atoms with Gasteiger partial charge in [-0.1, -0.05) is 46.0 Å². The quantitative estimate of drug-likeness (QED) is 0.477. The summed E-state index contributed by atoms with van der Waals surface area (Å²) < 4.78 is 0. The average molecular weight is 145 g/mol. The van der Waals surface area contributed by atoms with Gasteiger partial charge < -0.3 is 5.73 Å². The highest BCUT2D eigenvalue weighted by Crippen LogP contribution is 2.00. The molecule has 0 unspecified atom stereocenters. The summed E-state index contributed by atoms with van der Waals surface area (Å²) in [5.41, 5.74) is 4.17. The number of primary amides is 1. The lowest BCUT2D eigenvalue weighted by Crippen LogP contribution is -1.82. The van der Waals surface area contributed by atoms with Gasteiger partial charge in [-0.25, -0.2) is 0 Å². The minimum atomic E-state index is 0.250. The second-order valence-electron chi connectivity index (χ2n) is 2.20. The van der Waals surface area contributed by atoms with E-state index < -0.39 is 0 Å². The Morgan fingerprint density at radius 1 is 1.10 bits per heavy atom. The van der Waals surface area contributed by atoms with Crippen LogP contribution >= 0.6 is 0 Å². The number of amides is 1. The van der Waals surface area contributed by atoms with E-state index in [1.165, 1.54) is 32.1 Å². The molecule has 0 radical (unpaired) electrons. The summed E-state index contributed by atoms with van der Waals surface area (Å²) in [6.45, 7) is 4.49. The van der Waals surface area contributed by atoms with E-state index in [2.05, 4.69) is 19.6 Å². The van der Waals surface area contributed by atoms with Crippen molar-refractivity contribution < 1.29 is 4.79 Å². The summed E-state index contributed by atoms with van der Waals surface area (Å²) in [7, 11) is 0. The van der Waals surface area contributed by atoms with Crippen LogP contribution in [0.2, 0.25) is 0 Å². The molecular formula is C8H19NO. The molecule has 2 heteroatoms. The smallest absolute Gasteiger partial charge is 0.204 e. The van der Waals surface area contributed by atoms with E-state index >= 15 is 0 Å². The molecule has 0 saturated heterocycles. The Bertz CT molecular complexity index is 51.2. The van der Waals surface area contributed by atoms with E-state index in [4.69, 9.17) is 4.79 Å². The number of rotatable bonds is 4. The first-order valence-electron chi connectivity index (χ1n) is 3.98. The van der Waals surface area contributed by atoms with Crippen molar-refractivity contribution in [1.82, 2.24) is 0 Å². The molecule has 0 fully saturated rings. The number of carbonyl (C=O) groups is 1. The van der Waals surface area contributed by atoms with Crippen LogP contribution < -0.4 is 5.73 Å². The van der Waals surface area contributed by atoms with Gasteiger partial charge in [0.25, 0.3) is 0 Å². The number of hydrogen-bond acceptors (Lipinski definition) is 1. The van der Waals surface area contributed by atoms with Gasteiger partial charge in [0.1, 0.15) is 0 Å². The van der Waals surface area contributed by atoms with Crippen molar-refractivity contribution in [2.45, 2.75) is 46.0 Å². The molecule has 0 spiro atoms. The molecule has 0 aliphatic heterocycles. The van der Waals surface area contributed by atoms with Crippen LogP contribution in [0.5, 0.6) is 0 Å². The number of carbonyl (C=O) groups excluding carboxylic acids is 1. The standard InChI is InChI=1S/C7H16.CH3NO/c1-3-5-7-6-4-2;2-1-3/h3-7H2,1-2H3;1H,(H2,2,3). The zero-order valence-electron chi connectivity index (χ0n) is 7.10. The van der Waals surface area contributed by atoms with Crippen molar-refractivity contribution in [3.8, 4) is 0 Å². The minimum Gasteiger partial charge on any atom is -0.372 e. The fourth-order valence-corrected chi connectivity index (χ4v) is 0.677. The second kappa shape index (κ2) is 15.8. The molecular weight excluding hydrogens is 126 g/mol. The van der Waals surface area contributed by atoms with E-state index in [0.717, 1.165) is 0 Å². The number of unbranched alkanes of at least 4 members (excludes halogenated alkanes) is 4. The molecule has 0 rings (SSSR count). The van der Waals surface area contributed by atoms with Crippen molar-refractivity contribution in [2.24, 2.45) is 5.73 Å². The average Bonchev–Trinajstić information content (AvgIpc) is 1.91. The van der Waals surface area contributed by atoms with Gasteiger partial charge in [0, 0.05) is 0 Å². The lowest BCUT2D eigenvalue weighted by Gasteiger charge is -1.90. The van der Waals surface area contributed by atoms with Gasteiger partial charge in [-0.2, -0.15) is 0 Å². The number of hydrogen-bond donors (Lipinski definition) is 1. The first kappa shape index (κ1) is 12.2. The maximum absolute atomic E-state index is 8.58. The lowest BCUT2D eigenvalue weighted by molar-refractivity contribution is -0.106. The molecule has 1 amide bonds.